The molecule has 4 heteroatoms. The topological polar surface area (TPSA) is 56.0 Å². The molecular weight excluding hydrogens is 316 g/mol. The molecule has 0 aliphatic heterocycles. The van der Waals surface area contributed by atoms with Crippen LogP contribution in [0.3, 0.4) is 0 Å². The van der Waals surface area contributed by atoms with Crippen LogP contribution in [-0.4, -0.2) is 10.8 Å². The highest BCUT2D eigenvalue weighted by Crippen LogP contribution is 2.21. The zero-order chi connectivity index (χ0) is 14.1. The number of hydrogen-bond acceptors (Lipinski definition) is 3. The first kappa shape index (κ1) is 12.8. The fraction of sp³-hybridized carbons (Fsp3) is 0. The molecule has 0 spiro atoms. The largest absolute Gasteiger partial charge is 0.399 e. The van der Waals surface area contributed by atoms with Crippen LogP contribution in [-0.2, 0) is 0 Å². The number of rotatable bonds is 2. The van der Waals surface area contributed by atoms with Gasteiger partial charge in [-0.25, -0.2) is 0 Å². The number of hydrogen-bond donors (Lipinski definition) is 1. The number of halogens is 1. The average Bonchev–Trinajstić information content (AvgIpc) is 2.45. The van der Waals surface area contributed by atoms with Crippen LogP contribution in [0.5, 0.6) is 0 Å². The summed E-state index contributed by atoms with van der Waals surface area (Å²) in [7, 11) is 0. The van der Waals surface area contributed by atoms with Crippen molar-refractivity contribution in [3.63, 3.8) is 0 Å². The molecule has 2 N–H and O–H groups in total. The number of benzene rings is 2. The van der Waals surface area contributed by atoms with Gasteiger partial charge in [0.15, 0.2) is 5.78 Å². The summed E-state index contributed by atoms with van der Waals surface area (Å²) in [6.45, 7) is 0. The van der Waals surface area contributed by atoms with Crippen molar-refractivity contribution in [3.05, 3.63) is 70.3 Å². The van der Waals surface area contributed by atoms with Gasteiger partial charge < -0.3 is 5.73 Å². The Morgan fingerprint density at radius 3 is 2.70 bits per heavy atom. The van der Waals surface area contributed by atoms with Gasteiger partial charge in [-0.2, -0.15) is 0 Å². The summed E-state index contributed by atoms with van der Waals surface area (Å²) in [4.78, 5) is 16.8. The molecule has 98 valence electrons. The zero-order valence-electron chi connectivity index (χ0n) is 10.5. The Morgan fingerprint density at radius 1 is 1.05 bits per heavy atom. The van der Waals surface area contributed by atoms with Crippen molar-refractivity contribution in [2.45, 2.75) is 0 Å². The number of pyridine rings is 1. The summed E-state index contributed by atoms with van der Waals surface area (Å²) in [6.07, 6.45) is 1.72. The molecule has 0 aliphatic carbocycles. The fourth-order valence-corrected chi connectivity index (χ4v) is 2.63. The Morgan fingerprint density at radius 2 is 1.90 bits per heavy atom. The highest BCUT2D eigenvalue weighted by molar-refractivity contribution is 9.10. The van der Waals surface area contributed by atoms with Gasteiger partial charge >= 0.3 is 0 Å². The summed E-state index contributed by atoms with van der Waals surface area (Å²) in [5.74, 6) is -0.0643. The lowest BCUT2D eigenvalue weighted by molar-refractivity contribution is 0.103. The second kappa shape index (κ2) is 5.06. The van der Waals surface area contributed by atoms with Gasteiger partial charge in [0.25, 0.3) is 0 Å². The van der Waals surface area contributed by atoms with E-state index in [4.69, 9.17) is 5.73 Å². The van der Waals surface area contributed by atoms with E-state index < -0.39 is 0 Å². The van der Waals surface area contributed by atoms with Crippen molar-refractivity contribution in [1.82, 2.24) is 4.98 Å². The third kappa shape index (κ3) is 2.42. The number of ketones is 1. The molecule has 3 rings (SSSR count). The average molecular weight is 327 g/mol. The Balaban J connectivity index is 2.07. The molecule has 20 heavy (non-hydrogen) atoms. The van der Waals surface area contributed by atoms with Gasteiger partial charge in [0, 0.05) is 32.9 Å². The number of carbonyl (C=O) groups is 1. The Hall–Kier alpha value is -2.20. The van der Waals surface area contributed by atoms with Gasteiger partial charge in [-0.3, -0.25) is 9.78 Å². The number of nitrogens with two attached hydrogens (primary N) is 1. The first-order chi connectivity index (χ1) is 9.63. The van der Waals surface area contributed by atoms with Gasteiger partial charge in [0.1, 0.15) is 0 Å². The van der Waals surface area contributed by atoms with E-state index in [1.165, 1.54) is 0 Å². The first-order valence-corrected chi connectivity index (χ1v) is 6.88. The molecule has 0 bridgehead atoms. The molecule has 3 nitrogen and oxygen atoms in total. The highest BCUT2D eigenvalue weighted by Gasteiger charge is 2.11. The minimum absolute atomic E-state index is 0.0643. The zero-order valence-corrected chi connectivity index (χ0v) is 12.1. The standard InChI is InChI=1S/C16H11BrN2O/c17-13-6-12(7-14(18)9-13)16(20)11-4-3-10-2-1-5-19-15(10)8-11/h1-9H,18H2. The van der Waals surface area contributed by atoms with Crippen molar-refractivity contribution in [2.24, 2.45) is 0 Å². The van der Waals surface area contributed by atoms with Crippen molar-refractivity contribution in [3.8, 4) is 0 Å². The third-order valence-corrected chi connectivity index (χ3v) is 3.51. The molecule has 0 saturated carbocycles. The maximum atomic E-state index is 12.5. The summed E-state index contributed by atoms with van der Waals surface area (Å²) >= 11 is 3.35. The molecule has 0 aliphatic rings. The summed E-state index contributed by atoms with van der Waals surface area (Å²) < 4.78 is 0.791. The van der Waals surface area contributed by atoms with E-state index in [-0.39, 0.29) is 5.78 Å². The van der Waals surface area contributed by atoms with Gasteiger partial charge in [-0.15, -0.1) is 0 Å². The van der Waals surface area contributed by atoms with Crippen LogP contribution in [0.1, 0.15) is 15.9 Å². The Bertz CT molecular complexity index is 794. The van der Waals surface area contributed by atoms with Crippen LogP contribution >= 0.6 is 15.9 Å². The smallest absolute Gasteiger partial charge is 0.193 e. The molecule has 1 aromatic heterocycles. The fourth-order valence-electron chi connectivity index (χ4n) is 2.12. The number of carbonyl (C=O) groups excluding carboxylic acids is 1. The number of nitrogen functional groups attached to an aromatic ring is 1. The third-order valence-electron chi connectivity index (χ3n) is 3.05. The molecule has 0 atom stereocenters. The van der Waals surface area contributed by atoms with E-state index in [0.29, 0.717) is 16.8 Å². The molecular formula is C16H11BrN2O. The molecule has 1 heterocycles. The van der Waals surface area contributed by atoms with E-state index >= 15 is 0 Å². The Kier molecular flexibility index (Phi) is 3.24. The normalized spacial score (nSPS) is 10.7. The maximum absolute atomic E-state index is 12.5. The van der Waals surface area contributed by atoms with Crippen molar-refractivity contribution in [1.29, 1.82) is 0 Å². The van der Waals surface area contributed by atoms with Crippen LogP contribution in [0.4, 0.5) is 5.69 Å². The molecule has 0 radical (unpaired) electrons. The van der Waals surface area contributed by atoms with Crippen LogP contribution in [0.25, 0.3) is 10.9 Å². The summed E-state index contributed by atoms with van der Waals surface area (Å²) in [5.41, 5.74) is 8.30. The van der Waals surface area contributed by atoms with E-state index in [0.717, 1.165) is 15.4 Å². The highest BCUT2D eigenvalue weighted by atomic mass is 79.9. The number of aromatic nitrogens is 1. The molecule has 3 aromatic rings. The lowest BCUT2D eigenvalue weighted by atomic mass is 10.0. The van der Waals surface area contributed by atoms with E-state index in [1.807, 2.05) is 24.3 Å². The second-order valence-corrected chi connectivity index (χ2v) is 5.43. The van der Waals surface area contributed by atoms with E-state index in [9.17, 15) is 4.79 Å². The van der Waals surface area contributed by atoms with E-state index in [1.54, 1.807) is 30.5 Å². The van der Waals surface area contributed by atoms with Crippen LogP contribution in [0.2, 0.25) is 0 Å². The van der Waals surface area contributed by atoms with Gasteiger partial charge in [0.2, 0.25) is 0 Å². The molecule has 0 amide bonds. The SMILES string of the molecule is Nc1cc(Br)cc(C(=O)c2ccc3cccnc3c2)c1. The quantitative estimate of drug-likeness (QED) is 0.575. The van der Waals surface area contributed by atoms with Gasteiger partial charge in [0.05, 0.1) is 5.52 Å². The van der Waals surface area contributed by atoms with Crippen molar-refractivity contribution >= 4 is 38.3 Å². The van der Waals surface area contributed by atoms with Crippen molar-refractivity contribution < 1.29 is 4.79 Å². The predicted octanol–water partition coefficient (Wildman–Crippen LogP) is 3.81. The molecule has 0 saturated heterocycles. The van der Waals surface area contributed by atoms with E-state index in [2.05, 4.69) is 20.9 Å². The van der Waals surface area contributed by atoms with Crippen LogP contribution in [0, 0.1) is 0 Å². The number of nitrogens with zero attached hydrogens (tertiary/aromatic N) is 1. The minimum atomic E-state index is -0.0643. The number of fused-ring (bicyclic) bond motifs is 1. The van der Waals surface area contributed by atoms with Crippen LogP contribution in [0.15, 0.2) is 59.2 Å². The summed E-state index contributed by atoms with van der Waals surface area (Å²) in [6, 6.07) is 14.6. The Labute approximate surface area is 124 Å². The lowest BCUT2D eigenvalue weighted by Gasteiger charge is -2.05. The van der Waals surface area contributed by atoms with Gasteiger partial charge in [-0.05, 0) is 30.3 Å². The monoisotopic (exact) mass is 326 g/mol. The predicted molar refractivity (Wildman–Crippen MR) is 83.7 cm³/mol. The van der Waals surface area contributed by atoms with Gasteiger partial charge in [-0.1, -0.05) is 34.1 Å². The first-order valence-electron chi connectivity index (χ1n) is 6.09. The minimum Gasteiger partial charge on any atom is -0.399 e. The second-order valence-electron chi connectivity index (χ2n) is 4.51. The number of anilines is 1. The molecule has 0 unspecified atom stereocenters. The molecule has 0 fully saturated rings. The summed E-state index contributed by atoms with van der Waals surface area (Å²) in [5, 5.41) is 1.01. The van der Waals surface area contributed by atoms with Crippen molar-refractivity contribution in [2.75, 3.05) is 5.73 Å². The maximum Gasteiger partial charge on any atom is 0.193 e. The van der Waals surface area contributed by atoms with Crippen LogP contribution < -0.4 is 5.73 Å². The molecule has 2 aromatic carbocycles. The lowest BCUT2D eigenvalue weighted by Crippen LogP contribution is -2.02.